The fourth-order valence-electron chi connectivity index (χ4n) is 2.14. The molecule has 0 aliphatic rings. The highest BCUT2D eigenvalue weighted by Gasteiger charge is 2.12. The van der Waals surface area contributed by atoms with Gasteiger partial charge in [0.25, 0.3) is 0 Å². The highest BCUT2D eigenvalue weighted by atomic mass is 15.3. The summed E-state index contributed by atoms with van der Waals surface area (Å²) in [6, 6.07) is 0. The minimum absolute atomic E-state index is 0.587. The van der Waals surface area contributed by atoms with Crippen molar-refractivity contribution in [3.05, 3.63) is 36.5 Å². The molecule has 3 aromatic heterocycles. The zero-order chi connectivity index (χ0) is 14.1. The third-order valence-electron chi connectivity index (χ3n) is 3.04. The Morgan fingerprint density at radius 3 is 2.95 bits per heavy atom. The Labute approximate surface area is 115 Å². The number of aromatic nitrogens is 5. The number of fused-ring (bicyclic) bond motifs is 1. The van der Waals surface area contributed by atoms with E-state index in [0.717, 1.165) is 17.0 Å². The summed E-state index contributed by atoms with van der Waals surface area (Å²) in [5.41, 5.74) is 4.46. The molecule has 0 aromatic carbocycles. The van der Waals surface area contributed by atoms with E-state index < -0.39 is 0 Å². The lowest BCUT2D eigenvalue weighted by atomic mass is 10.3. The molecule has 0 saturated carbocycles. The van der Waals surface area contributed by atoms with E-state index in [1.54, 1.807) is 17.1 Å². The molecular formula is C12H16N8. The van der Waals surface area contributed by atoms with Gasteiger partial charge in [0.15, 0.2) is 17.3 Å². The molecule has 3 rings (SSSR count). The first kappa shape index (κ1) is 12.4. The van der Waals surface area contributed by atoms with Crippen LogP contribution in [0.4, 0.5) is 11.6 Å². The van der Waals surface area contributed by atoms with Crippen LogP contribution in [-0.2, 0) is 13.6 Å². The smallest absolute Gasteiger partial charge is 0.180 e. The minimum atomic E-state index is 0.587. The lowest BCUT2D eigenvalue weighted by Gasteiger charge is -2.18. The van der Waals surface area contributed by atoms with Crippen LogP contribution >= 0.6 is 0 Å². The van der Waals surface area contributed by atoms with Gasteiger partial charge in [-0.15, -0.1) is 0 Å². The highest BCUT2D eigenvalue weighted by Crippen LogP contribution is 2.20. The van der Waals surface area contributed by atoms with Gasteiger partial charge in [-0.3, -0.25) is 4.68 Å². The molecule has 0 spiro atoms. The van der Waals surface area contributed by atoms with Crippen molar-refractivity contribution in [1.29, 1.82) is 0 Å². The summed E-state index contributed by atoms with van der Waals surface area (Å²) in [6.07, 6.45) is 9.20. The Kier molecular flexibility index (Phi) is 2.99. The largest absolute Gasteiger partial charge is 0.352 e. The van der Waals surface area contributed by atoms with Gasteiger partial charge in [-0.2, -0.15) is 5.10 Å². The highest BCUT2D eigenvalue weighted by molar-refractivity contribution is 5.66. The zero-order valence-corrected chi connectivity index (χ0v) is 11.4. The summed E-state index contributed by atoms with van der Waals surface area (Å²) >= 11 is 0. The summed E-state index contributed by atoms with van der Waals surface area (Å²) in [7, 11) is 3.86. The number of nitrogens with zero attached hydrogens (tertiary/aromatic N) is 6. The van der Waals surface area contributed by atoms with E-state index in [0.29, 0.717) is 12.4 Å². The molecule has 3 N–H and O–H groups in total. The summed E-state index contributed by atoms with van der Waals surface area (Å²) in [6.45, 7) is 0.692. The third kappa shape index (κ3) is 2.16. The first-order valence-corrected chi connectivity index (χ1v) is 6.16. The molecule has 20 heavy (non-hydrogen) atoms. The summed E-state index contributed by atoms with van der Waals surface area (Å²) in [5, 5.41) is 4.17. The van der Waals surface area contributed by atoms with Gasteiger partial charge >= 0.3 is 0 Å². The van der Waals surface area contributed by atoms with E-state index >= 15 is 0 Å². The number of hydrogen-bond donors (Lipinski definition) is 2. The van der Waals surface area contributed by atoms with Gasteiger partial charge in [0.2, 0.25) is 0 Å². The van der Waals surface area contributed by atoms with Crippen LogP contribution in [0.3, 0.4) is 0 Å². The first-order chi connectivity index (χ1) is 9.67. The number of nitrogen functional groups attached to an aromatic ring is 1. The Bertz CT molecular complexity index is 728. The van der Waals surface area contributed by atoms with Crippen molar-refractivity contribution in [2.24, 2.45) is 12.9 Å². The van der Waals surface area contributed by atoms with E-state index in [2.05, 4.69) is 20.5 Å². The lowest BCUT2D eigenvalue weighted by molar-refractivity contribution is 0.766. The van der Waals surface area contributed by atoms with Crippen LogP contribution in [-0.4, -0.2) is 31.2 Å². The number of imidazole rings is 1. The molecule has 8 heteroatoms. The monoisotopic (exact) mass is 272 g/mol. The molecule has 0 atom stereocenters. The van der Waals surface area contributed by atoms with Crippen LogP contribution in [0.2, 0.25) is 0 Å². The Morgan fingerprint density at radius 1 is 1.40 bits per heavy atom. The molecule has 3 heterocycles. The molecule has 3 aromatic rings. The number of nitrogens with two attached hydrogens (primary N) is 1. The number of anilines is 2. The van der Waals surface area contributed by atoms with Gasteiger partial charge < -0.3 is 14.7 Å². The van der Waals surface area contributed by atoms with Crippen LogP contribution in [0.5, 0.6) is 0 Å². The summed E-state index contributed by atoms with van der Waals surface area (Å²) < 4.78 is 3.66. The van der Waals surface area contributed by atoms with Crippen LogP contribution in [0.1, 0.15) is 5.56 Å². The van der Waals surface area contributed by atoms with E-state index in [1.165, 1.54) is 0 Å². The molecule has 0 aliphatic carbocycles. The predicted octanol–water partition coefficient (Wildman–Crippen LogP) is 0.385. The zero-order valence-electron chi connectivity index (χ0n) is 11.4. The predicted molar refractivity (Wildman–Crippen MR) is 76.1 cm³/mol. The van der Waals surface area contributed by atoms with Gasteiger partial charge in [-0.05, 0) is 0 Å². The van der Waals surface area contributed by atoms with E-state index in [-0.39, 0.29) is 0 Å². The quantitative estimate of drug-likeness (QED) is 0.527. The molecule has 0 fully saturated rings. The van der Waals surface area contributed by atoms with Gasteiger partial charge in [0.05, 0.1) is 12.4 Å². The van der Waals surface area contributed by atoms with Crippen LogP contribution in [0.15, 0.2) is 31.0 Å². The second-order valence-electron chi connectivity index (χ2n) is 4.63. The molecule has 0 aliphatic heterocycles. The second kappa shape index (κ2) is 4.82. The number of rotatable bonds is 4. The van der Waals surface area contributed by atoms with Crippen molar-refractivity contribution >= 4 is 17.3 Å². The third-order valence-corrected chi connectivity index (χ3v) is 3.04. The van der Waals surface area contributed by atoms with E-state index in [9.17, 15) is 0 Å². The fourth-order valence-corrected chi connectivity index (χ4v) is 2.14. The normalized spacial score (nSPS) is 10.9. The maximum Gasteiger partial charge on any atom is 0.180 e. The number of hydrogen-bond acceptors (Lipinski definition) is 6. The Balaban J connectivity index is 1.97. The molecule has 104 valence electrons. The molecule has 8 nitrogen and oxygen atoms in total. The van der Waals surface area contributed by atoms with Crippen molar-refractivity contribution in [2.45, 2.75) is 6.54 Å². The topological polar surface area (TPSA) is 89.3 Å². The van der Waals surface area contributed by atoms with Crippen molar-refractivity contribution in [2.75, 3.05) is 17.4 Å². The number of hydrazine groups is 1. The van der Waals surface area contributed by atoms with Crippen LogP contribution < -0.4 is 16.2 Å². The molecule has 0 amide bonds. The molecular weight excluding hydrogens is 256 g/mol. The molecule has 0 bridgehead atoms. The number of nitrogens with one attached hydrogen (secondary N) is 1. The Hall–Kier alpha value is -2.61. The first-order valence-electron chi connectivity index (χ1n) is 6.16. The van der Waals surface area contributed by atoms with Gasteiger partial charge in [-0.25, -0.2) is 15.8 Å². The molecule has 0 radical (unpaired) electrons. The average Bonchev–Trinajstić information content (AvgIpc) is 3.06. The maximum absolute atomic E-state index is 5.46. The molecule has 0 unspecified atom stereocenters. The average molecular weight is 272 g/mol. The SMILES string of the molecule is CN(Cc1cnn(C)c1)c1nc(NN)cn2ccnc12. The maximum atomic E-state index is 5.46. The van der Waals surface area contributed by atoms with Crippen LogP contribution in [0.25, 0.3) is 5.65 Å². The standard InChI is InChI=1S/C12H16N8/c1-18(6-9-5-15-19(2)7-9)12-11-14-3-4-20(11)8-10(16-12)17-13/h3-5,7-8,17H,6,13H2,1-2H3. The van der Waals surface area contributed by atoms with E-state index in [4.69, 9.17) is 5.84 Å². The lowest BCUT2D eigenvalue weighted by Crippen LogP contribution is -2.20. The summed E-state index contributed by atoms with van der Waals surface area (Å²) in [4.78, 5) is 10.8. The van der Waals surface area contributed by atoms with Crippen LogP contribution in [0, 0.1) is 0 Å². The fraction of sp³-hybridized carbons (Fsp3) is 0.250. The van der Waals surface area contributed by atoms with Crippen molar-refractivity contribution in [1.82, 2.24) is 24.1 Å². The van der Waals surface area contributed by atoms with Gasteiger partial charge in [0, 0.05) is 44.8 Å². The molecule has 0 saturated heterocycles. The minimum Gasteiger partial charge on any atom is -0.352 e. The Morgan fingerprint density at radius 2 is 2.25 bits per heavy atom. The van der Waals surface area contributed by atoms with Gasteiger partial charge in [0.1, 0.15) is 0 Å². The second-order valence-corrected chi connectivity index (χ2v) is 4.63. The van der Waals surface area contributed by atoms with Crippen molar-refractivity contribution < 1.29 is 0 Å². The van der Waals surface area contributed by atoms with Crippen molar-refractivity contribution in [3.8, 4) is 0 Å². The number of aryl methyl sites for hydroxylation is 1. The van der Waals surface area contributed by atoms with E-state index in [1.807, 2.05) is 42.0 Å². The summed E-state index contributed by atoms with van der Waals surface area (Å²) in [5.74, 6) is 6.80. The van der Waals surface area contributed by atoms with Gasteiger partial charge in [-0.1, -0.05) is 0 Å². The van der Waals surface area contributed by atoms with Crippen molar-refractivity contribution in [3.63, 3.8) is 0 Å².